The SMILES string of the molecule is O=C1COC(c2ccccc2)=NN1c1ccccc1[N+](=O)[O-]. The first-order valence-electron chi connectivity index (χ1n) is 6.50. The second kappa shape index (κ2) is 5.65. The summed E-state index contributed by atoms with van der Waals surface area (Å²) in [6.07, 6.45) is 0. The van der Waals surface area contributed by atoms with Crippen LogP contribution in [0, 0.1) is 10.1 Å². The Labute approximate surface area is 125 Å². The molecular formula is C15H11N3O4. The second-order valence-electron chi connectivity index (χ2n) is 4.51. The third kappa shape index (κ3) is 2.51. The second-order valence-corrected chi connectivity index (χ2v) is 4.51. The van der Waals surface area contributed by atoms with Gasteiger partial charge >= 0.3 is 0 Å². The molecule has 0 aliphatic carbocycles. The number of para-hydroxylation sites is 2. The van der Waals surface area contributed by atoms with E-state index in [4.69, 9.17) is 4.74 Å². The molecule has 0 spiro atoms. The van der Waals surface area contributed by atoms with Crippen LogP contribution in [0.2, 0.25) is 0 Å². The van der Waals surface area contributed by atoms with Crippen LogP contribution in [0.3, 0.4) is 0 Å². The zero-order valence-corrected chi connectivity index (χ0v) is 11.4. The van der Waals surface area contributed by atoms with Gasteiger partial charge in [0, 0.05) is 11.6 Å². The van der Waals surface area contributed by atoms with E-state index in [9.17, 15) is 14.9 Å². The number of rotatable bonds is 3. The van der Waals surface area contributed by atoms with E-state index in [1.54, 1.807) is 18.2 Å². The molecule has 2 aromatic rings. The van der Waals surface area contributed by atoms with Gasteiger partial charge in [0.25, 0.3) is 11.6 Å². The van der Waals surface area contributed by atoms with Crippen molar-refractivity contribution in [3.8, 4) is 0 Å². The first kappa shape index (κ1) is 13.7. The van der Waals surface area contributed by atoms with Crippen LogP contribution < -0.4 is 5.01 Å². The molecule has 7 nitrogen and oxygen atoms in total. The highest BCUT2D eigenvalue weighted by Gasteiger charge is 2.29. The Morgan fingerprint density at radius 1 is 1.09 bits per heavy atom. The predicted molar refractivity (Wildman–Crippen MR) is 79.5 cm³/mol. The molecule has 1 heterocycles. The lowest BCUT2D eigenvalue weighted by Gasteiger charge is -2.23. The van der Waals surface area contributed by atoms with Gasteiger partial charge in [-0.1, -0.05) is 30.3 Å². The number of benzene rings is 2. The summed E-state index contributed by atoms with van der Waals surface area (Å²) in [6, 6.07) is 15.0. The number of nitro groups is 1. The fourth-order valence-corrected chi connectivity index (χ4v) is 2.07. The Kier molecular flexibility index (Phi) is 3.53. The van der Waals surface area contributed by atoms with Crippen molar-refractivity contribution in [1.29, 1.82) is 0 Å². The van der Waals surface area contributed by atoms with Crippen molar-refractivity contribution in [1.82, 2.24) is 0 Å². The Morgan fingerprint density at radius 3 is 2.50 bits per heavy atom. The number of nitrogens with zero attached hydrogens (tertiary/aromatic N) is 3. The molecule has 0 saturated carbocycles. The minimum atomic E-state index is -0.546. The first-order valence-corrected chi connectivity index (χ1v) is 6.50. The van der Waals surface area contributed by atoms with Crippen molar-refractivity contribution in [3.05, 3.63) is 70.3 Å². The molecule has 0 unspecified atom stereocenters. The van der Waals surface area contributed by atoms with Crippen LogP contribution in [0.15, 0.2) is 59.7 Å². The molecule has 0 radical (unpaired) electrons. The summed E-state index contributed by atoms with van der Waals surface area (Å²) in [5.74, 6) is -0.215. The van der Waals surface area contributed by atoms with Crippen LogP contribution in [0.25, 0.3) is 0 Å². The molecule has 1 aliphatic heterocycles. The summed E-state index contributed by atoms with van der Waals surface area (Å²) in [5, 5.41) is 16.2. The molecule has 0 aromatic heterocycles. The lowest BCUT2D eigenvalue weighted by atomic mass is 10.2. The van der Waals surface area contributed by atoms with Gasteiger partial charge in [-0.05, 0) is 18.2 Å². The quantitative estimate of drug-likeness (QED) is 0.642. The molecule has 0 N–H and O–H groups in total. The summed E-state index contributed by atoms with van der Waals surface area (Å²) >= 11 is 0. The lowest BCUT2D eigenvalue weighted by molar-refractivity contribution is -0.384. The van der Waals surface area contributed by atoms with E-state index in [2.05, 4.69) is 5.10 Å². The highest BCUT2D eigenvalue weighted by atomic mass is 16.6. The highest BCUT2D eigenvalue weighted by Crippen LogP contribution is 2.29. The van der Waals surface area contributed by atoms with E-state index >= 15 is 0 Å². The summed E-state index contributed by atoms with van der Waals surface area (Å²) in [7, 11) is 0. The number of hydrazone groups is 1. The van der Waals surface area contributed by atoms with Crippen LogP contribution in [0.1, 0.15) is 5.56 Å². The van der Waals surface area contributed by atoms with E-state index in [1.165, 1.54) is 18.2 Å². The highest BCUT2D eigenvalue weighted by molar-refractivity contribution is 6.05. The molecule has 0 atom stereocenters. The number of carbonyl (C=O) groups is 1. The molecule has 1 amide bonds. The Balaban J connectivity index is 2.06. The van der Waals surface area contributed by atoms with Crippen LogP contribution in [0.5, 0.6) is 0 Å². The molecule has 0 fully saturated rings. The van der Waals surface area contributed by atoms with Gasteiger partial charge in [-0.25, -0.2) is 0 Å². The fraction of sp³-hybridized carbons (Fsp3) is 0.0667. The zero-order chi connectivity index (χ0) is 15.5. The van der Waals surface area contributed by atoms with E-state index in [-0.39, 0.29) is 23.9 Å². The zero-order valence-electron chi connectivity index (χ0n) is 11.4. The van der Waals surface area contributed by atoms with Gasteiger partial charge in [0.2, 0.25) is 5.90 Å². The average Bonchev–Trinajstić information content (AvgIpc) is 2.56. The van der Waals surface area contributed by atoms with Crippen molar-refractivity contribution in [3.63, 3.8) is 0 Å². The van der Waals surface area contributed by atoms with E-state index in [1.807, 2.05) is 18.2 Å². The Bertz CT molecular complexity index is 758. The monoisotopic (exact) mass is 297 g/mol. The van der Waals surface area contributed by atoms with Crippen molar-refractivity contribution in [2.75, 3.05) is 11.6 Å². The van der Waals surface area contributed by atoms with E-state index < -0.39 is 10.8 Å². The number of anilines is 1. The van der Waals surface area contributed by atoms with Gasteiger partial charge in [-0.2, -0.15) is 5.01 Å². The summed E-state index contributed by atoms with van der Waals surface area (Å²) in [4.78, 5) is 22.6. The fourth-order valence-electron chi connectivity index (χ4n) is 2.07. The normalized spacial score (nSPS) is 14.3. The minimum Gasteiger partial charge on any atom is -0.466 e. The molecule has 0 saturated heterocycles. The molecule has 2 aromatic carbocycles. The van der Waals surface area contributed by atoms with Crippen LogP contribution in [0.4, 0.5) is 11.4 Å². The van der Waals surface area contributed by atoms with Crippen molar-refractivity contribution in [2.45, 2.75) is 0 Å². The average molecular weight is 297 g/mol. The maximum absolute atomic E-state index is 12.0. The topological polar surface area (TPSA) is 85.0 Å². The van der Waals surface area contributed by atoms with Gasteiger partial charge in [0.15, 0.2) is 6.61 Å². The van der Waals surface area contributed by atoms with Crippen molar-refractivity contribution < 1.29 is 14.5 Å². The van der Waals surface area contributed by atoms with Gasteiger partial charge in [0.05, 0.1) is 4.92 Å². The van der Waals surface area contributed by atoms with Crippen molar-refractivity contribution in [2.24, 2.45) is 5.10 Å². The lowest BCUT2D eigenvalue weighted by Crippen LogP contribution is -2.37. The number of ether oxygens (including phenoxy) is 1. The standard InChI is InChI=1S/C15H11N3O4/c19-14-10-22-15(11-6-2-1-3-7-11)16-17(14)12-8-4-5-9-13(12)18(20)21/h1-9H,10H2. The smallest absolute Gasteiger partial charge is 0.295 e. The van der Waals surface area contributed by atoms with Gasteiger partial charge in [-0.15, -0.1) is 5.10 Å². The number of hydrogen-bond acceptors (Lipinski definition) is 5. The number of hydrogen-bond donors (Lipinski definition) is 0. The molecule has 3 rings (SSSR count). The van der Waals surface area contributed by atoms with Crippen LogP contribution in [-0.4, -0.2) is 23.3 Å². The Morgan fingerprint density at radius 2 is 1.77 bits per heavy atom. The van der Waals surface area contributed by atoms with Crippen LogP contribution >= 0.6 is 0 Å². The Hall–Kier alpha value is -3.22. The third-order valence-corrected chi connectivity index (χ3v) is 3.09. The van der Waals surface area contributed by atoms with Crippen molar-refractivity contribution >= 4 is 23.2 Å². The molecular weight excluding hydrogens is 286 g/mol. The molecule has 7 heteroatoms. The molecule has 110 valence electrons. The third-order valence-electron chi connectivity index (χ3n) is 3.09. The number of carbonyl (C=O) groups excluding carboxylic acids is 1. The minimum absolute atomic E-state index is 0.120. The van der Waals surface area contributed by atoms with Crippen LogP contribution in [-0.2, 0) is 9.53 Å². The van der Waals surface area contributed by atoms with Gasteiger partial charge in [-0.3, -0.25) is 14.9 Å². The number of nitro benzene ring substituents is 1. The maximum atomic E-state index is 12.0. The van der Waals surface area contributed by atoms with E-state index in [0.29, 0.717) is 5.56 Å². The maximum Gasteiger partial charge on any atom is 0.295 e. The first-order chi connectivity index (χ1) is 10.7. The summed E-state index contributed by atoms with van der Waals surface area (Å²) in [5.41, 5.74) is 0.627. The van der Waals surface area contributed by atoms with Gasteiger partial charge in [0.1, 0.15) is 5.69 Å². The largest absolute Gasteiger partial charge is 0.466 e. The van der Waals surface area contributed by atoms with E-state index in [0.717, 1.165) is 5.01 Å². The molecule has 0 bridgehead atoms. The summed E-state index contributed by atoms with van der Waals surface area (Å²) in [6.45, 7) is -0.222. The number of amides is 1. The molecule has 1 aliphatic rings. The van der Waals surface area contributed by atoms with Gasteiger partial charge < -0.3 is 4.74 Å². The molecule has 22 heavy (non-hydrogen) atoms. The predicted octanol–water partition coefficient (Wildman–Crippen LogP) is 2.32. The summed E-state index contributed by atoms with van der Waals surface area (Å²) < 4.78 is 5.32.